The molecule has 0 aromatic heterocycles. The normalized spacial score (nSPS) is 15.7. The topological polar surface area (TPSA) is 101 Å². The monoisotopic (exact) mass is 476 g/mol. The summed E-state index contributed by atoms with van der Waals surface area (Å²) in [6.07, 6.45) is 2.13. The van der Waals surface area contributed by atoms with Crippen LogP contribution in [-0.4, -0.2) is 45.9 Å². The van der Waals surface area contributed by atoms with E-state index in [-0.39, 0.29) is 18.7 Å². The molecular formula is C19H19F3N2O5S2. The van der Waals surface area contributed by atoms with Gasteiger partial charge in [0.15, 0.2) is 0 Å². The summed E-state index contributed by atoms with van der Waals surface area (Å²) in [4.78, 5) is 11.1. The van der Waals surface area contributed by atoms with E-state index in [1.807, 2.05) is 0 Å². The number of piperidine rings is 1. The Morgan fingerprint density at radius 1 is 0.935 bits per heavy atom. The SMILES string of the molecule is O=C(Nc1ccccc1S(=O)(=O)C(F)F)c1ccc(F)c(S(=O)(=O)N2CCCCC2)c1. The Bertz CT molecular complexity index is 1190. The molecule has 1 saturated heterocycles. The summed E-state index contributed by atoms with van der Waals surface area (Å²) in [5.41, 5.74) is -0.682. The zero-order valence-electron chi connectivity index (χ0n) is 16.1. The number of sulfone groups is 1. The van der Waals surface area contributed by atoms with Crippen molar-refractivity contribution >= 4 is 31.5 Å². The van der Waals surface area contributed by atoms with Gasteiger partial charge in [-0.1, -0.05) is 18.6 Å². The van der Waals surface area contributed by atoms with Gasteiger partial charge in [0.1, 0.15) is 10.7 Å². The van der Waals surface area contributed by atoms with Crippen molar-refractivity contribution in [3.05, 3.63) is 53.8 Å². The molecule has 1 amide bonds. The molecule has 0 saturated carbocycles. The van der Waals surface area contributed by atoms with E-state index in [1.54, 1.807) is 0 Å². The van der Waals surface area contributed by atoms with Gasteiger partial charge in [-0.2, -0.15) is 13.1 Å². The highest BCUT2D eigenvalue weighted by molar-refractivity contribution is 7.91. The third kappa shape index (κ3) is 4.75. The molecule has 0 spiro atoms. The predicted molar refractivity (Wildman–Crippen MR) is 107 cm³/mol. The molecule has 0 radical (unpaired) electrons. The van der Waals surface area contributed by atoms with Gasteiger partial charge in [0, 0.05) is 18.7 Å². The van der Waals surface area contributed by atoms with Crippen molar-refractivity contribution in [2.75, 3.05) is 18.4 Å². The van der Waals surface area contributed by atoms with Gasteiger partial charge in [-0.15, -0.1) is 0 Å². The highest BCUT2D eigenvalue weighted by Gasteiger charge is 2.31. The molecule has 2 aromatic rings. The zero-order chi connectivity index (χ0) is 22.8. The second-order valence-electron chi connectivity index (χ2n) is 6.87. The number of rotatable bonds is 6. The van der Waals surface area contributed by atoms with Crippen LogP contribution in [0.3, 0.4) is 0 Å². The number of carbonyl (C=O) groups is 1. The molecule has 7 nitrogen and oxygen atoms in total. The van der Waals surface area contributed by atoms with E-state index in [1.165, 1.54) is 12.1 Å². The molecule has 1 aliphatic heterocycles. The van der Waals surface area contributed by atoms with Gasteiger partial charge in [0.25, 0.3) is 5.91 Å². The molecule has 2 aromatic carbocycles. The Balaban J connectivity index is 1.94. The van der Waals surface area contributed by atoms with Gasteiger partial charge in [-0.25, -0.2) is 21.2 Å². The number of hydrogen-bond donors (Lipinski definition) is 1. The molecule has 12 heteroatoms. The lowest BCUT2D eigenvalue weighted by Gasteiger charge is -2.26. The molecule has 0 atom stereocenters. The molecule has 168 valence electrons. The van der Waals surface area contributed by atoms with E-state index in [4.69, 9.17) is 0 Å². The zero-order valence-corrected chi connectivity index (χ0v) is 17.7. The summed E-state index contributed by atoms with van der Waals surface area (Å²) < 4.78 is 90.6. The second-order valence-corrected chi connectivity index (χ2v) is 10.7. The summed E-state index contributed by atoms with van der Waals surface area (Å²) in [6.45, 7) is 0.466. The fourth-order valence-electron chi connectivity index (χ4n) is 3.20. The van der Waals surface area contributed by atoms with Crippen molar-refractivity contribution in [3.63, 3.8) is 0 Å². The van der Waals surface area contributed by atoms with Crippen LogP contribution in [0.2, 0.25) is 0 Å². The van der Waals surface area contributed by atoms with Crippen molar-refractivity contribution in [2.45, 2.75) is 34.8 Å². The van der Waals surface area contributed by atoms with E-state index in [0.29, 0.717) is 12.8 Å². The summed E-state index contributed by atoms with van der Waals surface area (Å²) >= 11 is 0. The molecular weight excluding hydrogens is 457 g/mol. The maximum Gasteiger partial charge on any atom is 0.341 e. The van der Waals surface area contributed by atoms with Gasteiger partial charge >= 0.3 is 5.76 Å². The molecule has 1 heterocycles. The van der Waals surface area contributed by atoms with Crippen LogP contribution in [0.15, 0.2) is 52.3 Å². The number of amides is 1. The number of alkyl halides is 2. The van der Waals surface area contributed by atoms with Crippen LogP contribution in [-0.2, 0) is 19.9 Å². The number of hydrogen-bond acceptors (Lipinski definition) is 5. The lowest BCUT2D eigenvalue weighted by Crippen LogP contribution is -2.36. The average Bonchev–Trinajstić information content (AvgIpc) is 2.74. The van der Waals surface area contributed by atoms with Crippen molar-refractivity contribution < 1.29 is 34.8 Å². The summed E-state index contributed by atoms with van der Waals surface area (Å²) in [6, 6.07) is 7.25. The van der Waals surface area contributed by atoms with Crippen LogP contribution < -0.4 is 5.32 Å². The van der Waals surface area contributed by atoms with Crippen molar-refractivity contribution in [2.24, 2.45) is 0 Å². The van der Waals surface area contributed by atoms with Gasteiger partial charge in [0.05, 0.1) is 10.6 Å². The Morgan fingerprint density at radius 3 is 2.23 bits per heavy atom. The highest BCUT2D eigenvalue weighted by atomic mass is 32.2. The van der Waals surface area contributed by atoms with E-state index in [9.17, 15) is 34.8 Å². The number of halogens is 3. The van der Waals surface area contributed by atoms with Gasteiger partial charge in [-0.3, -0.25) is 4.79 Å². The van der Waals surface area contributed by atoms with Crippen LogP contribution in [0.1, 0.15) is 29.6 Å². The summed E-state index contributed by atoms with van der Waals surface area (Å²) in [5.74, 6) is -5.72. The quantitative estimate of drug-likeness (QED) is 0.690. The first-order valence-corrected chi connectivity index (χ1v) is 12.3. The van der Waals surface area contributed by atoms with Crippen LogP contribution in [0.4, 0.5) is 18.9 Å². The first-order chi connectivity index (χ1) is 14.5. The molecule has 1 fully saturated rings. The molecule has 0 bridgehead atoms. The standard InChI is InChI=1S/C19H19F3N2O5S2/c20-14-9-8-13(12-17(14)31(28,29)24-10-4-1-5-11-24)18(25)23-15-6-2-3-7-16(15)30(26,27)19(21)22/h2-3,6-9,12,19H,1,4-5,10-11H2,(H,23,25). The smallest absolute Gasteiger partial charge is 0.321 e. The highest BCUT2D eigenvalue weighted by Crippen LogP contribution is 2.28. The van der Waals surface area contributed by atoms with Crippen LogP contribution in [0.5, 0.6) is 0 Å². The first kappa shape index (κ1) is 23.2. The van der Waals surface area contributed by atoms with Crippen LogP contribution in [0.25, 0.3) is 0 Å². The molecule has 31 heavy (non-hydrogen) atoms. The molecule has 0 aliphatic carbocycles. The number of benzene rings is 2. The summed E-state index contributed by atoms with van der Waals surface area (Å²) in [5, 5.41) is 2.18. The average molecular weight is 476 g/mol. The number of nitrogens with one attached hydrogen (secondary N) is 1. The number of nitrogens with zero attached hydrogens (tertiary/aromatic N) is 1. The van der Waals surface area contributed by atoms with E-state index < -0.39 is 52.8 Å². The minimum absolute atomic E-state index is 0.233. The number of sulfonamides is 1. The van der Waals surface area contributed by atoms with Gasteiger partial charge in [-0.05, 0) is 43.2 Å². The third-order valence-electron chi connectivity index (χ3n) is 4.80. The maximum atomic E-state index is 14.3. The molecule has 0 unspecified atom stereocenters. The molecule has 1 aliphatic rings. The van der Waals surface area contributed by atoms with Crippen LogP contribution >= 0.6 is 0 Å². The minimum atomic E-state index is -5.00. The molecule has 3 rings (SSSR count). The third-order valence-corrected chi connectivity index (χ3v) is 8.15. The van der Waals surface area contributed by atoms with Crippen molar-refractivity contribution in [1.82, 2.24) is 4.31 Å². The van der Waals surface area contributed by atoms with Gasteiger partial charge in [0.2, 0.25) is 19.9 Å². The number of para-hydroxylation sites is 1. The van der Waals surface area contributed by atoms with E-state index in [2.05, 4.69) is 5.32 Å². The van der Waals surface area contributed by atoms with Crippen molar-refractivity contribution in [1.29, 1.82) is 0 Å². The van der Waals surface area contributed by atoms with Crippen LogP contribution in [0, 0.1) is 5.82 Å². The lowest BCUT2D eigenvalue weighted by molar-refractivity contribution is 0.102. The lowest BCUT2D eigenvalue weighted by atomic mass is 10.2. The van der Waals surface area contributed by atoms with Gasteiger partial charge < -0.3 is 5.32 Å². The predicted octanol–water partition coefficient (Wildman–Crippen LogP) is 3.25. The second kappa shape index (κ2) is 8.97. The Morgan fingerprint density at radius 2 is 1.58 bits per heavy atom. The first-order valence-electron chi connectivity index (χ1n) is 9.27. The van der Waals surface area contributed by atoms with Crippen molar-refractivity contribution in [3.8, 4) is 0 Å². The Kier molecular flexibility index (Phi) is 6.72. The largest absolute Gasteiger partial charge is 0.341 e. The Hall–Kier alpha value is -2.44. The Labute approximate surface area is 177 Å². The fraction of sp³-hybridized carbons (Fsp3) is 0.316. The number of anilines is 1. The number of carbonyl (C=O) groups excluding carboxylic acids is 1. The fourth-order valence-corrected chi connectivity index (χ4v) is 5.69. The summed E-state index contributed by atoms with van der Waals surface area (Å²) in [7, 11) is -9.18. The maximum absolute atomic E-state index is 14.3. The molecule has 1 N–H and O–H groups in total. The minimum Gasteiger partial charge on any atom is -0.321 e. The van der Waals surface area contributed by atoms with E-state index >= 15 is 0 Å². The van der Waals surface area contributed by atoms with E-state index in [0.717, 1.165) is 41.1 Å².